The Bertz CT molecular complexity index is 1590. The summed E-state index contributed by atoms with van der Waals surface area (Å²) < 4.78 is 45.5. The highest BCUT2D eigenvalue weighted by atomic mass is 31.2. The van der Waals surface area contributed by atoms with Gasteiger partial charge in [-0.15, -0.1) is 10.2 Å². The number of carbonyl (C=O) groups is 2. The molecule has 0 aromatic carbocycles. The molecule has 0 saturated carbocycles. The number of nitrogens with one attached hydrogen (secondary N) is 2. The number of hydrogen-bond acceptors (Lipinski definition) is 17. The second kappa shape index (κ2) is 18.4. The van der Waals surface area contributed by atoms with Crippen LogP contribution < -0.4 is 17.2 Å². The van der Waals surface area contributed by atoms with Crippen LogP contribution in [0.1, 0.15) is 48.7 Å². The lowest BCUT2D eigenvalue weighted by molar-refractivity contribution is 0.0988. The molecule has 3 heterocycles. The maximum Gasteiger partial charge on any atom is 0.353 e. The molecular formula is C20H32N12O10P2. The van der Waals surface area contributed by atoms with E-state index < -0.39 is 39.0 Å². The van der Waals surface area contributed by atoms with Gasteiger partial charge in [0.1, 0.15) is 12.6 Å². The summed E-state index contributed by atoms with van der Waals surface area (Å²) in [5, 5.41) is 10.3. The van der Waals surface area contributed by atoms with E-state index in [1.807, 2.05) is 0 Å². The number of hydrogen-bond donors (Lipinski definition) is 4. The second-order valence-corrected chi connectivity index (χ2v) is 11.6. The van der Waals surface area contributed by atoms with Crippen molar-refractivity contribution in [2.75, 3.05) is 32.7 Å². The van der Waals surface area contributed by atoms with Gasteiger partial charge >= 0.3 is 20.9 Å². The van der Waals surface area contributed by atoms with Gasteiger partial charge in [0.15, 0.2) is 23.3 Å². The van der Waals surface area contributed by atoms with Gasteiger partial charge in [-0.1, -0.05) is 5.21 Å². The molecule has 3 aromatic rings. The van der Waals surface area contributed by atoms with E-state index in [0.29, 0.717) is 0 Å². The van der Waals surface area contributed by atoms with Crippen molar-refractivity contribution >= 4 is 44.6 Å². The fraction of sp³-hybridized carbons (Fsp3) is 0.500. The fourth-order valence-corrected chi connectivity index (χ4v) is 5.74. The number of imidazole rings is 2. The van der Waals surface area contributed by atoms with E-state index in [1.165, 1.54) is 12.4 Å². The minimum absolute atomic E-state index is 0.0208. The summed E-state index contributed by atoms with van der Waals surface area (Å²) in [7, 11) is -6.69. The molecule has 0 aliphatic carbocycles. The molecule has 22 nitrogen and oxygen atoms in total. The lowest BCUT2D eigenvalue weighted by atomic mass is 10.4. The standard InChI is InChI=1S/C10H15N6O5P.C6H12NO4P.C4H5N5O/c1-3-20-22(19,21-4-2)6-16-10(18)15-5-12-7(8(11)17)9(15)13-14-16;1-3-10-12(9,11-4-2)6-7-5-8;5-3(10)2-4(9-6)8-1-7-2/h5H,3-4,6H2,1-2H3,(H2,11,17);3-4,6H2,1-2H3;1,6H,(H2,5,10)(H,7,8). The zero-order valence-electron chi connectivity index (χ0n) is 24.1. The fourth-order valence-electron chi connectivity index (χ4n) is 2.96. The zero-order valence-corrected chi connectivity index (χ0v) is 25.9. The molecular weight excluding hydrogens is 630 g/mol. The SMILES string of the molecule is CCOP(=O)(CN=C=O)OCC.CCOP(=O)(Cn1nnc2c(C(N)=O)ncn2c1=O)OCC.N=Nc1nc[nH]c1C(N)=O. The van der Waals surface area contributed by atoms with Crippen molar-refractivity contribution in [1.82, 2.24) is 34.3 Å². The molecule has 24 heteroatoms. The number of rotatable bonds is 15. The topological polar surface area (TPSA) is 317 Å². The van der Waals surface area contributed by atoms with Crippen LogP contribution in [0.3, 0.4) is 0 Å². The first kappa shape index (κ1) is 37.7. The van der Waals surface area contributed by atoms with Crippen molar-refractivity contribution < 1.29 is 41.6 Å². The molecule has 0 aliphatic heterocycles. The number of aromatic amines is 1. The van der Waals surface area contributed by atoms with Gasteiger partial charge in [-0.25, -0.2) is 29.5 Å². The van der Waals surface area contributed by atoms with Crippen LogP contribution in [-0.4, -0.2) is 85.0 Å². The van der Waals surface area contributed by atoms with Crippen LogP contribution >= 0.6 is 15.2 Å². The van der Waals surface area contributed by atoms with Gasteiger partial charge in [0, 0.05) is 0 Å². The van der Waals surface area contributed by atoms with Gasteiger partial charge in [0.2, 0.25) is 11.9 Å². The molecule has 0 atom stereocenters. The minimum atomic E-state index is -3.52. The molecule has 3 rings (SSSR count). The van der Waals surface area contributed by atoms with Crippen LogP contribution in [0.25, 0.3) is 5.65 Å². The Morgan fingerprint density at radius 3 is 2.02 bits per heavy atom. The number of aromatic nitrogens is 7. The predicted molar refractivity (Wildman–Crippen MR) is 150 cm³/mol. The van der Waals surface area contributed by atoms with E-state index in [4.69, 9.17) is 35.1 Å². The molecule has 44 heavy (non-hydrogen) atoms. The van der Waals surface area contributed by atoms with E-state index in [-0.39, 0.29) is 55.6 Å². The van der Waals surface area contributed by atoms with Crippen LogP contribution in [0.5, 0.6) is 0 Å². The Morgan fingerprint density at radius 2 is 1.57 bits per heavy atom. The highest BCUT2D eigenvalue weighted by Crippen LogP contribution is 2.49. The van der Waals surface area contributed by atoms with E-state index >= 15 is 0 Å². The second-order valence-electron chi connectivity index (χ2n) is 7.52. The number of aliphatic imine (C=N–C) groups is 1. The predicted octanol–water partition coefficient (Wildman–Crippen LogP) is 1.33. The van der Waals surface area contributed by atoms with Crippen LogP contribution in [0.2, 0.25) is 0 Å². The normalized spacial score (nSPS) is 11.0. The quantitative estimate of drug-likeness (QED) is 0.0772. The molecule has 6 N–H and O–H groups in total. The molecule has 0 fully saturated rings. The Labute approximate surface area is 249 Å². The number of nitrogens with zero attached hydrogens (tertiary/aromatic N) is 8. The number of isocyanates is 1. The molecule has 0 spiro atoms. The first-order chi connectivity index (χ1) is 20.9. The first-order valence-electron chi connectivity index (χ1n) is 12.5. The molecule has 0 radical (unpaired) electrons. The third-order valence-electron chi connectivity index (χ3n) is 4.54. The largest absolute Gasteiger partial charge is 0.364 e. The molecule has 3 aromatic heterocycles. The summed E-state index contributed by atoms with van der Waals surface area (Å²) in [4.78, 5) is 56.5. The lowest BCUT2D eigenvalue weighted by Gasteiger charge is -2.16. The lowest BCUT2D eigenvalue weighted by Crippen LogP contribution is -2.30. The van der Waals surface area contributed by atoms with Gasteiger partial charge in [0.05, 0.1) is 32.8 Å². The summed E-state index contributed by atoms with van der Waals surface area (Å²) >= 11 is 0. The van der Waals surface area contributed by atoms with E-state index in [0.717, 1.165) is 15.4 Å². The van der Waals surface area contributed by atoms with Gasteiger partial charge in [-0.2, -0.15) is 9.67 Å². The molecule has 242 valence electrons. The maximum atomic E-state index is 12.4. The van der Waals surface area contributed by atoms with Crippen LogP contribution in [0.15, 0.2) is 27.6 Å². The van der Waals surface area contributed by atoms with Crippen LogP contribution in [-0.2, 0) is 38.3 Å². The number of carbonyl (C=O) groups excluding carboxylic acids is 3. The number of nitrogens with two attached hydrogens (primary N) is 2. The molecule has 0 aliphatic rings. The summed E-state index contributed by atoms with van der Waals surface area (Å²) in [6.45, 7) is 7.53. The van der Waals surface area contributed by atoms with Crippen molar-refractivity contribution in [3.63, 3.8) is 0 Å². The van der Waals surface area contributed by atoms with E-state index in [9.17, 15) is 28.3 Å². The van der Waals surface area contributed by atoms with Crippen molar-refractivity contribution in [2.45, 2.75) is 34.0 Å². The van der Waals surface area contributed by atoms with Crippen molar-refractivity contribution in [3.8, 4) is 0 Å². The Kier molecular flexibility index (Phi) is 15.8. The average molecular weight is 662 g/mol. The van der Waals surface area contributed by atoms with Crippen molar-refractivity contribution in [3.05, 3.63) is 34.5 Å². The smallest absolute Gasteiger partial charge is 0.353 e. The van der Waals surface area contributed by atoms with Crippen molar-refractivity contribution in [2.24, 2.45) is 21.6 Å². The van der Waals surface area contributed by atoms with Gasteiger partial charge < -0.3 is 34.5 Å². The third-order valence-corrected chi connectivity index (χ3v) is 8.25. The Hall–Kier alpha value is -4.29. The van der Waals surface area contributed by atoms with Gasteiger partial charge in [0.25, 0.3) is 11.8 Å². The third kappa shape index (κ3) is 11.1. The summed E-state index contributed by atoms with van der Waals surface area (Å²) in [6, 6.07) is 0. The molecule has 0 bridgehead atoms. The monoisotopic (exact) mass is 662 g/mol. The first-order valence-corrected chi connectivity index (χ1v) is 15.9. The highest BCUT2D eigenvalue weighted by Gasteiger charge is 2.27. The maximum absolute atomic E-state index is 12.4. The number of primary amides is 2. The van der Waals surface area contributed by atoms with Crippen molar-refractivity contribution in [1.29, 1.82) is 5.53 Å². The Balaban J connectivity index is 0.000000370. The van der Waals surface area contributed by atoms with E-state index in [1.54, 1.807) is 27.7 Å². The van der Waals surface area contributed by atoms with Gasteiger partial charge in [-0.3, -0.25) is 18.7 Å². The molecule has 0 unspecified atom stereocenters. The van der Waals surface area contributed by atoms with Gasteiger partial charge in [-0.05, 0) is 27.7 Å². The van der Waals surface area contributed by atoms with E-state index in [2.05, 4.69) is 35.4 Å². The summed E-state index contributed by atoms with van der Waals surface area (Å²) in [6.07, 6.45) is 2.98. The molecule has 2 amide bonds. The van der Waals surface area contributed by atoms with Crippen LogP contribution in [0.4, 0.5) is 5.82 Å². The zero-order chi connectivity index (χ0) is 33.3. The summed E-state index contributed by atoms with van der Waals surface area (Å²) in [5.74, 6) is -1.47. The minimum Gasteiger partial charge on any atom is -0.364 e. The Morgan fingerprint density at radius 1 is 1.00 bits per heavy atom. The molecule has 0 saturated heterocycles. The number of amides is 2. The summed E-state index contributed by atoms with van der Waals surface area (Å²) in [5.41, 5.74) is 15.7. The average Bonchev–Trinajstić information content (AvgIpc) is 3.63. The number of H-pyrrole nitrogens is 1. The highest BCUT2D eigenvalue weighted by molar-refractivity contribution is 7.53. The number of fused-ring (bicyclic) bond motifs is 1. The van der Waals surface area contributed by atoms with Crippen LogP contribution in [0, 0.1) is 5.53 Å².